The van der Waals surface area contributed by atoms with Crippen LogP contribution in [0.25, 0.3) is 11.4 Å². The van der Waals surface area contributed by atoms with E-state index < -0.39 is 10.0 Å². The Balaban J connectivity index is 1.70. The monoisotopic (exact) mass is 472 g/mol. The Morgan fingerprint density at radius 3 is 2.68 bits per heavy atom. The molecule has 3 heterocycles. The molecule has 0 radical (unpaired) electrons. The van der Waals surface area contributed by atoms with E-state index in [4.69, 9.17) is 16.3 Å². The first-order chi connectivity index (χ1) is 14.9. The fourth-order valence-corrected chi connectivity index (χ4v) is 4.68. The Morgan fingerprint density at radius 1 is 1.19 bits per heavy atom. The normalized spacial score (nSPS) is 11.1. The van der Waals surface area contributed by atoms with Crippen LogP contribution < -0.4 is 9.46 Å². The van der Waals surface area contributed by atoms with Crippen molar-refractivity contribution in [1.29, 1.82) is 5.26 Å². The molecule has 0 unspecified atom stereocenters. The molecule has 1 aromatic carbocycles. The van der Waals surface area contributed by atoms with Gasteiger partial charge >= 0.3 is 0 Å². The van der Waals surface area contributed by atoms with Gasteiger partial charge in [-0.2, -0.15) is 10.4 Å². The van der Waals surface area contributed by atoms with Crippen LogP contribution in [0.2, 0.25) is 5.15 Å². The number of thiazole rings is 1. The van der Waals surface area contributed by atoms with Crippen molar-refractivity contribution in [1.82, 2.24) is 19.7 Å². The van der Waals surface area contributed by atoms with Crippen molar-refractivity contribution >= 4 is 38.1 Å². The zero-order valence-electron chi connectivity index (χ0n) is 15.9. The van der Waals surface area contributed by atoms with Crippen LogP contribution >= 0.6 is 22.9 Å². The van der Waals surface area contributed by atoms with Gasteiger partial charge in [-0.1, -0.05) is 11.6 Å². The van der Waals surface area contributed by atoms with Gasteiger partial charge in [0.25, 0.3) is 10.0 Å². The van der Waals surface area contributed by atoms with Gasteiger partial charge in [0, 0.05) is 24.8 Å². The molecular formula is C19H13ClN6O3S2. The zero-order valence-corrected chi connectivity index (χ0v) is 18.2. The van der Waals surface area contributed by atoms with Gasteiger partial charge in [0.1, 0.15) is 22.7 Å². The standard InChI is InChI=1S/C19H13ClN6O3S2/c1-26-14(6-7-23-26)18-16(4-5-17(20)24-18)29-15-3-2-13(10-12(15)11-21)31(27,28)25-19-22-8-9-30-19/h2-10H,1H3,(H,22,25). The van der Waals surface area contributed by atoms with E-state index in [0.29, 0.717) is 17.1 Å². The van der Waals surface area contributed by atoms with Crippen molar-refractivity contribution < 1.29 is 13.2 Å². The lowest BCUT2D eigenvalue weighted by Crippen LogP contribution is -2.13. The third-order valence-electron chi connectivity index (χ3n) is 4.14. The molecule has 4 rings (SSSR count). The van der Waals surface area contributed by atoms with Gasteiger partial charge in [0.15, 0.2) is 10.9 Å². The van der Waals surface area contributed by atoms with Crippen molar-refractivity contribution in [2.75, 3.05) is 4.72 Å². The van der Waals surface area contributed by atoms with Crippen LogP contribution in [0, 0.1) is 11.3 Å². The number of sulfonamides is 1. The number of aromatic nitrogens is 4. The Labute approximate surface area is 186 Å². The van der Waals surface area contributed by atoms with E-state index in [2.05, 4.69) is 19.8 Å². The van der Waals surface area contributed by atoms with Gasteiger partial charge in [-0.25, -0.2) is 18.4 Å². The third kappa shape index (κ3) is 4.36. The molecule has 12 heteroatoms. The number of nitrogens with zero attached hydrogens (tertiary/aromatic N) is 5. The summed E-state index contributed by atoms with van der Waals surface area (Å²) < 4.78 is 35.1. The van der Waals surface area contributed by atoms with Crippen molar-refractivity contribution in [3.8, 4) is 29.0 Å². The predicted molar refractivity (Wildman–Crippen MR) is 116 cm³/mol. The number of pyridine rings is 1. The van der Waals surface area contributed by atoms with Crippen LogP contribution in [-0.2, 0) is 17.1 Å². The number of rotatable bonds is 6. The minimum atomic E-state index is -3.91. The second-order valence-electron chi connectivity index (χ2n) is 6.14. The number of aryl methyl sites for hydroxylation is 1. The van der Waals surface area contributed by atoms with Crippen LogP contribution in [0.15, 0.2) is 59.1 Å². The lowest BCUT2D eigenvalue weighted by atomic mass is 10.2. The number of ether oxygens (including phenoxy) is 1. The third-order valence-corrected chi connectivity index (χ3v) is 6.51. The van der Waals surface area contributed by atoms with Crippen molar-refractivity contribution in [3.05, 3.63) is 64.9 Å². The van der Waals surface area contributed by atoms with Gasteiger partial charge in [0.2, 0.25) is 0 Å². The highest BCUT2D eigenvalue weighted by Gasteiger charge is 2.20. The van der Waals surface area contributed by atoms with Crippen LogP contribution in [-0.4, -0.2) is 28.2 Å². The summed E-state index contributed by atoms with van der Waals surface area (Å²) in [7, 11) is -2.16. The molecule has 0 fully saturated rings. The summed E-state index contributed by atoms with van der Waals surface area (Å²) in [6.45, 7) is 0. The smallest absolute Gasteiger partial charge is 0.263 e. The minimum absolute atomic E-state index is 0.0351. The second kappa shape index (κ2) is 8.35. The largest absolute Gasteiger partial charge is 0.454 e. The summed E-state index contributed by atoms with van der Waals surface area (Å²) in [5, 5.41) is 15.8. The topological polar surface area (TPSA) is 123 Å². The SMILES string of the molecule is Cn1nccc1-c1nc(Cl)ccc1Oc1ccc(S(=O)(=O)Nc2nccs2)cc1C#N. The van der Waals surface area contributed by atoms with Gasteiger partial charge in [-0.05, 0) is 36.4 Å². The molecule has 4 aromatic rings. The van der Waals surface area contributed by atoms with Gasteiger partial charge in [-0.15, -0.1) is 11.3 Å². The highest BCUT2D eigenvalue weighted by molar-refractivity contribution is 7.93. The molecule has 1 N–H and O–H groups in total. The molecule has 0 spiro atoms. The highest BCUT2D eigenvalue weighted by atomic mass is 35.5. The summed E-state index contributed by atoms with van der Waals surface area (Å²) in [4.78, 5) is 8.13. The molecule has 0 aliphatic rings. The Hall–Kier alpha value is -3.46. The van der Waals surface area contributed by atoms with E-state index in [0.717, 1.165) is 11.3 Å². The summed E-state index contributed by atoms with van der Waals surface area (Å²) >= 11 is 7.20. The van der Waals surface area contributed by atoms with Gasteiger partial charge < -0.3 is 4.74 Å². The molecule has 0 bridgehead atoms. The fourth-order valence-electron chi connectivity index (χ4n) is 2.71. The molecule has 156 valence electrons. The van der Waals surface area contributed by atoms with E-state index in [1.54, 1.807) is 41.5 Å². The Morgan fingerprint density at radius 2 is 2.00 bits per heavy atom. The zero-order chi connectivity index (χ0) is 22.0. The number of nitriles is 1. The van der Waals surface area contributed by atoms with E-state index in [-0.39, 0.29) is 26.5 Å². The van der Waals surface area contributed by atoms with Gasteiger partial charge in [-0.3, -0.25) is 9.40 Å². The average molecular weight is 473 g/mol. The number of hydrogen-bond donors (Lipinski definition) is 1. The molecule has 0 aliphatic heterocycles. The van der Waals surface area contributed by atoms with E-state index in [1.807, 2.05) is 6.07 Å². The highest BCUT2D eigenvalue weighted by Crippen LogP contribution is 2.35. The summed E-state index contributed by atoms with van der Waals surface area (Å²) in [6.07, 6.45) is 3.09. The first-order valence-electron chi connectivity index (χ1n) is 8.66. The number of benzene rings is 1. The van der Waals surface area contributed by atoms with E-state index >= 15 is 0 Å². The number of hydrogen-bond acceptors (Lipinski definition) is 8. The first kappa shape index (κ1) is 20.8. The van der Waals surface area contributed by atoms with Crippen molar-refractivity contribution in [2.24, 2.45) is 7.05 Å². The predicted octanol–water partition coefficient (Wildman–Crippen LogP) is 4.06. The van der Waals surface area contributed by atoms with Crippen molar-refractivity contribution in [2.45, 2.75) is 4.90 Å². The molecule has 3 aromatic heterocycles. The second-order valence-corrected chi connectivity index (χ2v) is 9.10. The molecule has 0 saturated heterocycles. The minimum Gasteiger partial charge on any atom is -0.454 e. The van der Waals surface area contributed by atoms with E-state index in [9.17, 15) is 13.7 Å². The Bertz CT molecular complexity index is 1390. The van der Waals surface area contributed by atoms with Crippen LogP contribution in [0.5, 0.6) is 11.5 Å². The molecule has 31 heavy (non-hydrogen) atoms. The average Bonchev–Trinajstić information content (AvgIpc) is 3.40. The lowest BCUT2D eigenvalue weighted by molar-refractivity contribution is 0.479. The summed E-state index contributed by atoms with van der Waals surface area (Å²) in [6, 6.07) is 10.9. The Kier molecular flexibility index (Phi) is 5.60. The molecular weight excluding hydrogens is 460 g/mol. The van der Waals surface area contributed by atoms with Crippen LogP contribution in [0.4, 0.5) is 5.13 Å². The fraction of sp³-hybridized carbons (Fsp3) is 0.0526. The molecule has 0 atom stereocenters. The molecule has 0 saturated carbocycles. The number of nitrogens with one attached hydrogen (secondary N) is 1. The van der Waals surface area contributed by atoms with E-state index in [1.165, 1.54) is 24.4 Å². The number of anilines is 1. The maximum atomic E-state index is 12.6. The maximum Gasteiger partial charge on any atom is 0.263 e. The van der Waals surface area contributed by atoms with Crippen LogP contribution in [0.3, 0.4) is 0 Å². The van der Waals surface area contributed by atoms with Gasteiger partial charge in [0.05, 0.1) is 16.2 Å². The quantitative estimate of drug-likeness (QED) is 0.420. The number of halogens is 1. The molecule has 0 amide bonds. The first-order valence-corrected chi connectivity index (χ1v) is 11.4. The molecule has 9 nitrogen and oxygen atoms in total. The van der Waals surface area contributed by atoms with Crippen molar-refractivity contribution in [3.63, 3.8) is 0 Å². The lowest BCUT2D eigenvalue weighted by Gasteiger charge is -2.13. The van der Waals surface area contributed by atoms with Crippen LogP contribution in [0.1, 0.15) is 5.56 Å². The maximum absolute atomic E-state index is 12.6. The summed E-state index contributed by atoms with van der Waals surface area (Å²) in [5.41, 5.74) is 1.12. The summed E-state index contributed by atoms with van der Waals surface area (Å²) in [5.74, 6) is 0.504. The molecule has 0 aliphatic carbocycles.